The number of carbonyl (C=O) groups is 2. The molecule has 7 nitrogen and oxygen atoms in total. The van der Waals surface area contributed by atoms with Gasteiger partial charge in [0.25, 0.3) is 11.7 Å². The van der Waals surface area contributed by atoms with E-state index in [1.165, 1.54) is 11.2 Å². The Labute approximate surface area is 176 Å². The standard InChI is InChI=1S/C24H15N3O4/c25-12-14-7-9-15(10-8-14)27-21(19-6-3-11-31-19)20(23(29)24(27)30)22(28)17-13-26-18-5-2-1-4-16(17)18/h1-11,13,21,26,28H/b22-20-. The van der Waals surface area contributed by atoms with Gasteiger partial charge in [-0.3, -0.25) is 14.5 Å². The Balaban J connectivity index is 1.72. The maximum absolute atomic E-state index is 13.1. The van der Waals surface area contributed by atoms with Crippen molar-refractivity contribution in [2.24, 2.45) is 0 Å². The third-order valence-electron chi connectivity index (χ3n) is 5.38. The molecule has 4 aromatic rings. The van der Waals surface area contributed by atoms with Crippen molar-refractivity contribution in [2.45, 2.75) is 6.04 Å². The van der Waals surface area contributed by atoms with Crippen molar-refractivity contribution < 1.29 is 19.1 Å². The Kier molecular flexibility index (Phi) is 4.19. The van der Waals surface area contributed by atoms with Crippen LogP contribution in [0.15, 0.2) is 83.1 Å². The van der Waals surface area contributed by atoms with E-state index in [1.807, 2.05) is 30.3 Å². The third kappa shape index (κ3) is 2.81. The van der Waals surface area contributed by atoms with Gasteiger partial charge in [-0.15, -0.1) is 0 Å². The highest BCUT2D eigenvalue weighted by atomic mass is 16.3. The first-order valence-electron chi connectivity index (χ1n) is 9.51. The normalized spacial score (nSPS) is 17.9. The van der Waals surface area contributed by atoms with Gasteiger partial charge in [0.2, 0.25) is 0 Å². The van der Waals surface area contributed by atoms with E-state index in [2.05, 4.69) is 4.98 Å². The van der Waals surface area contributed by atoms with Gasteiger partial charge in [-0.25, -0.2) is 0 Å². The number of hydrogen-bond acceptors (Lipinski definition) is 5. The Morgan fingerprint density at radius 1 is 1.06 bits per heavy atom. The van der Waals surface area contributed by atoms with Crippen molar-refractivity contribution in [3.8, 4) is 6.07 Å². The molecule has 5 rings (SSSR count). The third-order valence-corrected chi connectivity index (χ3v) is 5.38. The topological polar surface area (TPSA) is 110 Å². The molecule has 1 fully saturated rings. The summed E-state index contributed by atoms with van der Waals surface area (Å²) in [7, 11) is 0. The van der Waals surface area contributed by atoms with Gasteiger partial charge in [0, 0.05) is 28.4 Å². The van der Waals surface area contributed by atoms with Crippen molar-refractivity contribution in [2.75, 3.05) is 4.90 Å². The van der Waals surface area contributed by atoms with Gasteiger partial charge in [-0.2, -0.15) is 5.26 Å². The lowest BCUT2D eigenvalue weighted by atomic mass is 9.99. The number of Topliss-reactive ketones (excluding diaryl/α,β-unsaturated/α-hetero) is 1. The van der Waals surface area contributed by atoms with Crippen LogP contribution >= 0.6 is 0 Å². The van der Waals surface area contributed by atoms with Gasteiger partial charge < -0.3 is 14.5 Å². The number of ketones is 1. The van der Waals surface area contributed by atoms with E-state index >= 15 is 0 Å². The zero-order valence-electron chi connectivity index (χ0n) is 16.1. The smallest absolute Gasteiger partial charge is 0.300 e. The van der Waals surface area contributed by atoms with Gasteiger partial charge in [0.05, 0.1) is 23.5 Å². The van der Waals surface area contributed by atoms with Crippen LogP contribution in [0, 0.1) is 11.3 Å². The zero-order valence-corrected chi connectivity index (χ0v) is 16.1. The van der Waals surface area contributed by atoms with Crippen LogP contribution in [-0.4, -0.2) is 21.8 Å². The van der Waals surface area contributed by atoms with Crippen molar-refractivity contribution >= 4 is 34.0 Å². The molecular formula is C24H15N3O4. The minimum absolute atomic E-state index is 0.0611. The summed E-state index contributed by atoms with van der Waals surface area (Å²) < 4.78 is 5.54. The maximum Gasteiger partial charge on any atom is 0.300 e. The maximum atomic E-state index is 13.1. The van der Waals surface area contributed by atoms with Crippen LogP contribution in [-0.2, 0) is 9.59 Å². The number of H-pyrrole nitrogens is 1. The lowest BCUT2D eigenvalue weighted by Crippen LogP contribution is -2.29. The number of benzene rings is 2. The Bertz CT molecular complexity index is 1390. The second-order valence-corrected chi connectivity index (χ2v) is 7.09. The van der Waals surface area contributed by atoms with E-state index in [-0.39, 0.29) is 11.3 Å². The van der Waals surface area contributed by atoms with Gasteiger partial charge in [-0.05, 0) is 42.5 Å². The summed E-state index contributed by atoms with van der Waals surface area (Å²) in [6, 6.07) is 18.0. The first-order valence-corrected chi connectivity index (χ1v) is 9.51. The van der Waals surface area contributed by atoms with Crippen LogP contribution < -0.4 is 4.90 Å². The fourth-order valence-electron chi connectivity index (χ4n) is 3.92. The van der Waals surface area contributed by atoms with Crippen molar-refractivity contribution in [1.29, 1.82) is 5.26 Å². The van der Waals surface area contributed by atoms with Gasteiger partial charge in [0.1, 0.15) is 17.6 Å². The fourth-order valence-corrected chi connectivity index (χ4v) is 3.92. The number of aromatic amines is 1. The average molecular weight is 409 g/mol. The van der Waals surface area contributed by atoms with E-state index in [4.69, 9.17) is 9.68 Å². The molecule has 0 spiro atoms. The number of nitrogens with one attached hydrogen (secondary N) is 1. The van der Waals surface area contributed by atoms with Crippen LogP contribution in [0.4, 0.5) is 5.69 Å². The number of furan rings is 1. The number of hydrogen-bond donors (Lipinski definition) is 2. The fraction of sp³-hybridized carbons (Fsp3) is 0.0417. The molecule has 2 aromatic carbocycles. The van der Waals surface area contributed by atoms with Gasteiger partial charge in [0.15, 0.2) is 0 Å². The molecule has 31 heavy (non-hydrogen) atoms. The van der Waals surface area contributed by atoms with Crippen LogP contribution in [0.5, 0.6) is 0 Å². The molecule has 1 aliphatic heterocycles. The number of fused-ring (bicyclic) bond motifs is 1. The van der Waals surface area contributed by atoms with E-state index in [0.29, 0.717) is 22.6 Å². The molecule has 2 aromatic heterocycles. The quantitative estimate of drug-likeness (QED) is 0.298. The molecule has 3 heterocycles. The number of aliphatic hydroxyl groups excluding tert-OH is 1. The zero-order chi connectivity index (χ0) is 21.5. The van der Waals surface area contributed by atoms with Crippen molar-refractivity contribution in [3.05, 3.63) is 95.6 Å². The summed E-state index contributed by atoms with van der Waals surface area (Å²) in [4.78, 5) is 30.5. The molecule has 1 saturated heterocycles. The molecule has 7 heteroatoms. The number of nitriles is 1. The molecule has 1 unspecified atom stereocenters. The van der Waals surface area contributed by atoms with Crippen LogP contribution in [0.3, 0.4) is 0 Å². The van der Waals surface area contributed by atoms with Crippen LogP contribution in [0.2, 0.25) is 0 Å². The highest BCUT2D eigenvalue weighted by molar-refractivity contribution is 6.51. The summed E-state index contributed by atoms with van der Waals surface area (Å²) in [6.45, 7) is 0. The monoisotopic (exact) mass is 409 g/mol. The first-order chi connectivity index (χ1) is 15.1. The number of rotatable bonds is 3. The van der Waals surface area contributed by atoms with E-state index in [9.17, 15) is 14.7 Å². The molecule has 0 radical (unpaired) electrons. The van der Waals surface area contributed by atoms with Crippen molar-refractivity contribution in [1.82, 2.24) is 4.98 Å². The number of aliphatic hydroxyl groups is 1. The number of anilines is 1. The Morgan fingerprint density at radius 3 is 2.55 bits per heavy atom. The Morgan fingerprint density at radius 2 is 1.84 bits per heavy atom. The minimum atomic E-state index is -0.948. The predicted octanol–water partition coefficient (Wildman–Crippen LogP) is 4.26. The minimum Gasteiger partial charge on any atom is -0.507 e. The number of carbonyl (C=O) groups excluding carboxylic acids is 2. The molecule has 150 valence electrons. The molecule has 0 bridgehead atoms. The van der Waals surface area contributed by atoms with Gasteiger partial charge >= 0.3 is 0 Å². The summed E-state index contributed by atoms with van der Waals surface area (Å²) in [5.41, 5.74) is 1.99. The summed E-state index contributed by atoms with van der Waals surface area (Å²) >= 11 is 0. The molecule has 0 aliphatic carbocycles. The first kappa shape index (κ1) is 18.5. The SMILES string of the molecule is N#Cc1ccc(N2C(=O)C(=O)/C(=C(\O)c3c[nH]c4ccccc34)C2c2ccco2)cc1. The van der Waals surface area contributed by atoms with Crippen LogP contribution in [0.1, 0.15) is 22.9 Å². The number of nitrogens with zero attached hydrogens (tertiary/aromatic N) is 2. The second kappa shape index (κ2) is 7.04. The lowest BCUT2D eigenvalue weighted by molar-refractivity contribution is -0.132. The lowest BCUT2D eigenvalue weighted by Gasteiger charge is -2.23. The highest BCUT2D eigenvalue weighted by Crippen LogP contribution is 2.43. The summed E-state index contributed by atoms with van der Waals surface area (Å²) in [5.74, 6) is -1.54. The van der Waals surface area contributed by atoms with Crippen LogP contribution in [0.25, 0.3) is 16.7 Å². The van der Waals surface area contributed by atoms with E-state index in [0.717, 1.165) is 10.9 Å². The molecule has 0 saturated carbocycles. The predicted molar refractivity (Wildman–Crippen MR) is 113 cm³/mol. The largest absolute Gasteiger partial charge is 0.507 e. The molecule has 2 N–H and O–H groups in total. The molecule has 1 atom stereocenters. The number of para-hydroxylation sites is 1. The summed E-state index contributed by atoms with van der Waals surface area (Å²) in [5, 5.41) is 21.0. The van der Waals surface area contributed by atoms with E-state index < -0.39 is 17.7 Å². The Hall–Kier alpha value is -4.57. The number of amides is 1. The van der Waals surface area contributed by atoms with Crippen molar-refractivity contribution in [3.63, 3.8) is 0 Å². The summed E-state index contributed by atoms with van der Waals surface area (Å²) in [6.07, 6.45) is 3.05. The van der Waals surface area contributed by atoms with E-state index in [1.54, 1.807) is 42.6 Å². The molecule has 1 amide bonds. The molecule has 1 aliphatic rings. The second-order valence-electron chi connectivity index (χ2n) is 7.09. The highest BCUT2D eigenvalue weighted by Gasteiger charge is 2.48. The molecular weight excluding hydrogens is 394 g/mol. The van der Waals surface area contributed by atoms with Gasteiger partial charge in [-0.1, -0.05) is 18.2 Å². The average Bonchev–Trinajstić information content (AvgIpc) is 3.53. The number of aromatic nitrogens is 1.